The van der Waals surface area contributed by atoms with Crippen LogP contribution >= 0.6 is 0 Å². The highest BCUT2D eigenvalue weighted by Crippen LogP contribution is 2.32. The number of hydrogen-bond acceptors (Lipinski definition) is 4. The minimum absolute atomic E-state index is 0.0664. The number of pyridine rings is 1. The zero-order valence-electron chi connectivity index (χ0n) is 14.4. The molecule has 0 saturated heterocycles. The number of nitrogens with zero attached hydrogens (tertiary/aromatic N) is 4. The minimum atomic E-state index is -0.0986. The molecule has 25 heavy (non-hydrogen) atoms. The first-order chi connectivity index (χ1) is 12.1. The van der Waals surface area contributed by atoms with Crippen molar-refractivity contribution in [2.45, 2.75) is 39.2 Å². The van der Waals surface area contributed by atoms with Gasteiger partial charge in [0.15, 0.2) is 0 Å². The van der Waals surface area contributed by atoms with Crippen molar-refractivity contribution in [3.05, 3.63) is 47.9 Å². The van der Waals surface area contributed by atoms with Gasteiger partial charge in [-0.2, -0.15) is 4.98 Å². The van der Waals surface area contributed by atoms with Gasteiger partial charge < -0.3 is 0 Å². The van der Waals surface area contributed by atoms with E-state index in [2.05, 4.69) is 33.6 Å². The second-order valence-electron chi connectivity index (χ2n) is 6.78. The molecule has 1 aliphatic rings. The molecule has 2 aromatic heterocycles. The summed E-state index contributed by atoms with van der Waals surface area (Å²) < 4.78 is 1.90. The number of aromatic nitrogens is 4. The zero-order chi connectivity index (χ0) is 17.4. The molecule has 1 amide bonds. The first-order valence-corrected chi connectivity index (χ1v) is 8.73. The standard InChI is InChI=1S/C19H21N5O/c1-12(2)18(25)22-19-21-17-14(7-5-11-24(17)23-19)16-10-9-13-6-3-4-8-15(13)20-16/h3-4,6,8-10,12,14H,5,7,11H2,1-2H3,(H,22,23,25). The molecule has 128 valence electrons. The maximum atomic E-state index is 11.9. The van der Waals surface area contributed by atoms with Crippen LogP contribution in [0, 0.1) is 5.92 Å². The molecular weight excluding hydrogens is 314 g/mol. The van der Waals surface area contributed by atoms with Crippen molar-refractivity contribution < 1.29 is 4.79 Å². The summed E-state index contributed by atoms with van der Waals surface area (Å²) in [5.74, 6) is 1.21. The van der Waals surface area contributed by atoms with Crippen LogP contribution in [0.2, 0.25) is 0 Å². The van der Waals surface area contributed by atoms with Crippen molar-refractivity contribution in [2.75, 3.05) is 5.32 Å². The molecule has 1 unspecified atom stereocenters. The number of benzene rings is 1. The van der Waals surface area contributed by atoms with E-state index in [9.17, 15) is 4.79 Å². The predicted molar refractivity (Wildman–Crippen MR) is 96.3 cm³/mol. The zero-order valence-corrected chi connectivity index (χ0v) is 14.4. The molecule has 3 aromatic rings. The summed E-state index contributed by atoms with van der Waals surface area (Å²) in [7, 11) is 0. The van der Waals surface area contributed by atoms with Gasteiger partial charge >= 0.3 is 0 Å². The maximum Gasteiger partial charge on any atom is 0.249 e. The molecule has 3 heterocycles. The van der Waals surface area contributed by atoms with Crippen LogP contribution in [0.5, 0.6) is 0 Å². The highest BCUT2D eigenvalue weighted by molar-refractivity contribution is 5.90. The van der Waals surface area contributed by atoms with E-state index in [-0.39, 0.29) is 17.7 Å². The lowest BCUT2D eigenvalue weighted by Gasteiger charge is -2.21. The molecule has 1 aliphatic heterocycles. The molecule has 1 N–H and O–H groups in total. The van der Waals surface area contributed by atoms with Gasteiger partial charge in [-0.1, -0.05) is 38.1 Å². The van der Waals surface area contributed by atoms with Gasteiger partial charge in [0.2, 0.25) is 11.9 Å². The molecule has 0 fully saturated rings. The van der Waals surface area contributed by atoms with Crippen molar-refractivity contribution in [3.8, 4) is 0 Å². The Bertz CT molecular complexity index is 930. The monoisotopic (exact) mass is 335 g/mol. The Hall–Kier alpha value is -2.76. The lowest BCUT2D eigenvalue weighted by Crippen LogP contribution is -2.19. The number of rotatable bonds is 3. The predicted octanol–water partition coefficient (Wildman–Crippen LogP) is 3.35. The molecule has 1 aromatic carbocycles. The Morgan fingerprint density at radius 2 is 2.04 bits per heavy atom. The number of fused-ring (bicyclic) bond motifs is 2. The van der Waals surface area contributed by atoms with Crippen LogP contribution in [0.1, 0.15) is 44.1 Å². The van der Waals surface area contributed by atoms with E-state index < -0.39 is 0 Å². The van der Waals surface area contributed by atoms with Gasteiger partial charge in [-0.15, -0.1) is 5.10 Å². The van der Waals surface area contributed by atoms with Gasteiger partial charge in [0, 0.05) is 17.8 Å². The molecule has 1 atom stereocenters. The van der Waals surface area contributed by atoms with Gasteiger partial charge in [0.1, 0.15) is 5.82 Å². The van der Waals surface area contributed by atoms with Crippen LogP contribution < -0.4 is 5.32 Å². The second-order valence-corrected chi connectivity index (χ2v) is 6.78. The first kappa shape index (κ1) is 15.7. The summed E-state index contributed by atoms with van der Waals surface area (Å²) in [4.78, 5) is 21.3. The smallest absolute Gasteiger partial charge is 0.249 e. The Balaban J connectivity index is 1.68. The molecular formula is C19H21N5O. The molecule has 0 saturated carbocycles. The van der Waals surface area contributed by atoms with E-state index in [1.807, 2.05) is 36.7 Å². The van der Waals surface area contributed by atoms with Crippen LogP contribution in [0.25, 0.3) is 10.9 Å². The van der Waals surface area contributed by atoms with Gasteiger partial charge in [0.25, 0.3) is 0 Å². The SMILES string of the molecule is CC(C)C(=O)Nc1nc2n(n1)CCCC2c1ccc2ccccc2n1. The number of carbonyl (C=O) groups excluding carboxylic acids is 1. The number of carbonyl (C=O) groups is 1. The lowest BCUT2D eigenvalue weighted by atomic mass is 9.94. The molecule has 0 bridgehead atoms. The summed E-state index contributed by atoms with van der Waals surface area (Å²) in [5.41, 5.74) is 2.00. The number of nitrogens with one attached hydrogen (secondary N) is 1. The van der Waals surface area contributed by atoms with Crippen LogP contribution in [0.15, 0.2) is 36.4 Å². The maximum absolute atomic E-state index is 11.9. The van der Waals surface area contributed by atoms with Crippen LogP contribution in [0.4, 0.5) is 5.95 Å². The Morgan fingerprint density at radius 3 is 2.88 bits per heavy atom. The number of amides is 1. The van der Waals surface area contributed by atoms with Gasteiger partial charge in [0.05, 0.1) is 17.1 Å². The molecule has 0 aliphatic carbocycles. The highest BCUT2D eigenvalue weighted by Gasteiger charge is 2.27. The van der Waals surface area contributed by atoms with Gasteiger partial charge in [-0.3, -0.25) is 15.1 Å². The molecule has 0 spiro atoms. The van der Waals surface area contributed by atoms with Crippen LogP contribution in [-0.4, -0.2) is 25.7 Å². The number of para-hydroxylation sites is 1. The summed E-state index contributed by atoms with van der Waals surface area (Å²) in [6.07, 6.45) is 2.01. The van der Waals surface area contributed by atoms with E-state index in [0.717, 1.165) is 41.8 Å². The number of anilines is 1. The summed E-state index contributed by atoms with van der Waals surface area (Å²) in [6.45, 7) is 4.53. The largest absolute Gasteiger partial charge is 0.293 e. The lowest BCUT2D eigenvalue weighted by molar-refractivity contribution is -0.118. The van der Waals surface area contributed by atoms with Crippen molar-refractivity contribution in [3.63, 3.8) is 0 Å². The summed E-state index contributed by atoms with van der Waals surface area (Å²) in [6, 6.07) is 12.3. The van der Waals surface area contributed by atoms with E-state index >= 15 is 0 Å². The van der Waals surface area contributed by atoms with E-state index in [1.165, 1.54) is 0 Å². The fraction of sp³-hybridized carbons (Fsp3) is 0.368. The Labute approximate surface area is 146 Å². The van der Waals surface area contributed by atoms with Crippen molar-refractivity contribution in [2.24, 2.45) is 5.92 Å². The normalized spacial score (nSPS) is 16.8. The third kappa shape index (κ3) is 2.99. The van der Waals surface area contributed by atoms with Crippen molar-refractivity contribution in [1.29, 1.82) is 0 Å². The van der Waals surface area contributed by atoms with Crippen LogP contribution in [0.3, 0.4) is 0 Å². The third-order valence-electron chi connectivity index (χ3n) is 4.61. The Morgan fingerprint density at radius 1 is 1.20 bits per heavy atom. The average Bonchev–Trinajstić information content (AvgIpc) is 3.03. The van der Waals surface area contributed by atoms with Crippen LogP contribution in [-0.2, 0) is 11.3 Å². The summed E-state index contributed by atoms with van der Waals surface area (Å²) >= 11 is 0. The number of hydrogen-bond donors (Lipinski definition) is 1. The molecule has 6 heteroatoms. The quantitative estimate of drug-likeness (QED) is 0.797. The minimum Gasteiger partial charge on any atom is -0.293 e. The third-order valence-corrected chi connectivity index (χ3v) is 4.61. The fourth-order valence-corrected chi connectivity index (χ4v) is 3.21. The van der Waals surface area contributed by atoms with Crippen molar-refractivity contribution >= 4 is 22.8 Å². The average molecular weight is 335 g/mol. The highest BCUT2D eigenvalue weighted by atomic mass is 16.2. The second kappa shape index (κ2) is 6.27. The van der Waals surface area contributed by atoms with E-state index in [4.69, 9.17) is 4.98 Å². The molecule has 6 nitrogen and oxygen atoms in total. The van der Waals surface area contributed by atoms with Crippen molar-refractivity contribution in [1.82, 2.24) is 19.7 Å². The Kier molecular flexibility index (Phi) is 3.95. The topological polar surface area (TPSA) is 72.7 Å². The van der Waals surface area contributed by atoms with Gasteiger partial charge in [-0.25, -0.2) is 4.68 Å². The number of aryl methyl sites for hydroxylation is 1. The van der Waals surface area contributed by atoms with Gasteiger partial charge in [-0.05, 0) is 25.0 Å². The van der Waals surface area contributed by atoms with E-state index in [0.29, 0.717) is 5.95 Å². The first-order valence-electron chi connectivity index (χ1n) is 8.73. The molecule has 4 rings (SSSR count). The molecule has 0 radical (unpaired) electrons. The van der Waals surface area contributed by atoms with E-state index in [1.54, 1.807) is 0 Å². The summed E-state index contributed by atoms with van der Waals surface area (Å²) in [5, 5.41) is 8.39. The fourth-order valence-electron chi connectivity index (χ4n) is 3.21.